The third-order valence-corrected chi connectivity index (χ3v) is 4.72. The van der Waals surface area contributed by atoms with Crippen molar-refractivity contribution >= 4 is 5.91 Å². The first-order chi connectivity index (χ1) is 13.2. The van der Waals surface area contributed by atoms with Crippen LogP contribution in [-0.2, 0) is 19.0 Å². The molecule has 0 bridgehead atoms. The van der Waals surface area contributed by atoms with Gasteiger partial charge in [-0.25, -0.2) is 4.39 Å². The van der Waals surface area contributed by atoms with Crippen molar-refractivity contribution in [2.75, 3.05) is 39.5 Å². The van der Waals surface area contributed by atoms with Gasteiger partial charge in [-0.3, -0.25) is 4.79 Å². The van der Waals surface area contributed by atoms with Gasteiger partial charge in [-0.1, -0.05) is 12.1 Å². The van der Waals surface area contributed by atoms with Gasteiger partial charge in [0.1, 0.15) is 5.82 Å². The number of benzene rings is 1. The summed E-state index contributed by atoms with van der Waals surface area (Å²) in [6.45, 7) is 2.66. The predicted molar refractivity (Wildman–Crippen MR) is 96.4 cm³/mol. The molecule has 0 aromatic heterocycles. The van der Waals surface area contributed by atoms with Crippen LogP contribution < -0.4 is 0 Å². The molecule has 0 radical (unpaired) electrons. The van der Waals surface area contributed by atoms with Gasteiger partial charge >= 0.3 is 0 Å². The summed E-state index contributed by atoms with van der Waals surface area (Å²) in [5.74, 6) is -0.294. The van der Waals surface area contributed by atoms with Gasteiger partial charge in [-0.15, -0.1) is 0 Å². The molecule has 27 heavy (non-hydrogen) atoms. The largest absolute Gasteiger partial charge is 0.459 e. The first kappa shape index (κ1) is 19.8. The van der Waals surface area contributed by atoms with Gasteiger partial charge in [-0.2, -0.15) is 0 Å². The van der Waals surface area contributed by atoms with Crippen molar-refractivity contribution in [3.8, 4) is 0 Å². The number of allylic oxidation sites excluding steroid dienone is 1. The number of nitrogens with zero attached hydrogens (tertiary/aromatic N) is 1. The summed E-state index contributed by atoms with van der Waals surface area (Å²) >= 11 is 0. The summed E-state index contributed by atoms with van der Waals surface area (Å²) in [5, 5.41) is 8.89. The van der Waals surface area contributed by atoms with Crippen molar-refractivity contribution in [3.63, 3.8) is 0 Å². The van der Waals surface area contributed by atoms with Crippen LogP contribution in [-0.4, -0.2) is 61.7 Å². The lowest BCUT2D eigenvalue weighted by Gasteiger charge is -2.33. The van der Waals surface area contributed by atoms with Crippen LogP contribution in [0.2, 0.25) is 0 Å². The average Bonchev–Trinajstić information content (AvgIpc) is 2.71. The first-order valence-electron chi connectivity index (χ1n) is 9.41. The summed E-state index contributed by atoms with van der Waals surface area (Å²) < 4.78 is 30.2. The minimum absolute atomic E-state index is 0.0952. The maximum atomic E-state index is 13.3. The van der Waals surface area contributed by atoms with Gasteiger partial charge in [0.25, 0.3) is 5.91 Å². The Balaban J connectivity index is 1.73. The standard InChI is InChI=1S/C20H26FNO5/c21-17-5-3-15(4-6-17)16-13-18(20(24)22-7-11-25-12-8-22)27-19(14-16)26-10-2-1-9-23/h3-6,13,16,19,23H,1-2,7-12,14H2/t16-,19+/m0/s1. The number of amides is 1. The van der Waals surface area contributed by atoms with E-state index in [4.69, 9.17) is 19.3 Å². The molecule has 1 aromatic carbocycles. The number of aliphatic hydroxyl groups is 1. The smallest absolute Gasteiger partial charge is 0.288 e. The molecule has 1 amide bonds. The molecular weight excluding hydrogens is 353 g/mol. The maximum Gasteiger partial charge on any atom is 0.288 e. The Hall–Kier alpha value is -1.96. The van der Waals surface area contributed by atoms with E-state index >= 15 is 0 Å². The Kier molecular flexibility index (Phi) is 7.20. The van der Waals surface area contributed by atoms with E-state index in [1.54, 1.807) is 23.1 Å². The fourth-order valence-electron chi connectivity index (χ4n) is 3.20. The van der Waals surface area contributed by atoms with Gasteiger partial charge in [0.15, 0.2) is 5.76 Å². The van der Waals surface area contributed by atoms with E-state index in [0.29, 0.717) is 52.2 Å². The molecule has 0 unspecified atom stereocenters. The number of hydrogen-bond donors (Lipinski definition) is 1. The number of rotatable bonds is 7. The van der Waals surface area contributed by atoms with Crippen molar-refractivity contribution in [2.24, 2.45) is 0 Å². The fraction of sp³-hybridized carbons (Fsp3) is 0.550. The molecule has 6 nitrogen and oxygen atoms in total. The molecule has 0 saturated carbocycles. The molecule has 7 heteroatoms. The molecule has 2 aliphatic rings. The van der Waals surface area contributed by atoms with Crippen LogP contribution in [0.25, 0.3) is 0 Å². The van der Waals surface area contributed by atoms with Gasteiger partial charge < -0.3 is 24.2 Å². The molecule has 1 fully saturated rings. The Bertz CT molecular complexity index is 642. The molecule has 2 atom stereocenters. The molecule has 2 aliphatic heterocycles. The van der Waals surface area contributed by atoms with Crippen molar-refractivity contribution in [2.45, 2.75) is 31.5 Å². The second-order valence-electron chi connectivity index (χ2n) is 6.68. The average molecular weight is 379 g/mol. The maximum absolute atomic E-state index is 13.3. The first-order valence-corrected chi connectivity index (χ1v) is 9.41. The van der Waals surface area contributed by atoms with Crippen molar-refractivity contribution in [1.29, 1.82) is 0 Å². The molecule has 2 heterocycles. The van der Waals surface area contributed by atoms with Gasteiger partial charge in [0.05, 0.1) is 19.8 Å². The van der Waals surface area contributed by atoms with Crippen LogP contribution in [0, 0.1) is 5.82 Å². The summed E-state index contributed by atoms with van der Waals surface area (Å²) in [6.07, 6.45) is 3.17. The van der Waals surface area contributed by atoms with Crippen LogP contribution in [0.3, 0.4) is 0 Å². The van der Waals surface area contributed by atoms with E-state index in [1.807, 2.05) is 0 Å². The van der Waals surface area contributed by atoms with E-state index in [-0.39, 0.29) is 30.0 Å². The topological polar surface area (TPSA) is 68.2 Å². The predicted octanol–water partition coefficient (Wildman–Crippen LogP) is 2.19. The van der Waals surface area contributed by atoms with Crippen molar-refractivity contribution in [3.05, 3.63) is 47.5 Å². The third-order valence-electron chi connectivity index (χ3n) is 4.72. The second-order valence-corrected chi connectivity index (χ2v) is 6.68. The lowest BCUT2D eigenvalue weighted by Crippen LogP contribution is -2.43. The molecule has 0 aliphatic carbocycles. The molecule has 3 rings (SSSR count). The Morgan fingerprint density at radius 2 is 1.96 bits per heavy atom. The molecular formula is C20H26FNO5. The molecule has 1 aromatic rings. The van der Waals surface area contributed by atoms with Crippen LogP contribution in [0.4, 0.5) is 4.39 Å². The monoisotopic (exact) mass is 379 g/mol. The molecule has 1 N–H and O–H groups in total. The Morgan fingerprint density at radius 3 is 2.67 bits per heavy atom. The lowest BCUT2D eigenvalue weighted by atomic mass is 9.93. The lowest BCUT2D eigenvalue weighted by molar-refractivity contribution is -0.155. The zero-order valence-corrected chi connectivity index (χ0v) is 15.3. The van der Waals surface area contributed by atoms with E-state index in [1.165, 1.54) is 12.1 Å². The highest BCUT2D eigenvalue weighted by Crippen LogP contribution is 2.32. The number of aliphatic hydroxyl groups excluding tert-OH is 1. The Morgan fingerprint density at radius 1 is 1.22 bits per heavy atom. The van der Waals surface area contributed by atoms with Gasteiger partial charge in [-0.05, 0) is 36.6 Å². The van der Waals surface area contributed by atoms with Crippen LogP contribution >= 0.6 is 0 Å². The quantitative estimate of drug-likeness (QED) is 0.736. The molecule has 1 saturated heterocycles. The van der Waals surface area contributed by atoms with Gasteiger partial charge in [0.2, 0.25) is 6.29 Å². The third kappa shape index (κ3) is 5.51. The SMILES string of the molecule is O=C(C1=C[C@H](c2ccc(F)cc2)C[C@H](OCCCCO)O1)N1CCOCC1. The van der Waals surface area contributed by atoms with E-state index in [9.17, 15) is 9.18 Å². The summed E-state index contributed by atoms with van der Waals surface area (Å²) in [6, 6.07) is 6.28. The highest BCUT2D eigenvalue weighted by molar-refractivity contribution is 5.91. The number of morpholine rings is 1. The molecule has 0 spiro atoms. The summed E-state index contributed by atoms with van der Waals surface area (Å²) in [5.41, 5.74) is 0.913. The van der Waals surface area contributed by atoms with E-state index < -0.39 is 6.29 Å². The highest BCUT2D eigenvalue weighted by Gasteiger charge is 2.31. The highest BCUT2D eigenvalue weighted by atomic mass is 19.1. The van der Waals surface area contributed by atoms with Crippen LogP contribution in [0.1, 0.15) is 30.7 Å². The minimum Gasteiger partial charge on any atom is -0.459 e. The van der Waals surface area contributed by atoms with Crippen LogP contribution in [0.15, 0.2) is 36.1 Å². The van der Waals surface area contributed by atoms with E-state index in [2.05, 4.69) is 0 Å². The summed E-state index contributed by atoms with van der Waals surface area (Å²) in [4.78, 5) is 14.5. The Labute approximate surface area is 158 Å². The number of ether oxygens (including phenoxy) is 3. The minimum atomic E-state index is -0.552. The van der Waals surface area contributed by atoms with Crippen molar-refractivity contribution in [1.82, 2.24) is 4.90 Å². The zero-order chi connectivity index (χ0) is 19.1. The van der Waals surface area contributed by atoms with E-state index in [0.717, 1.165) is 5.56 Å². The second kappa shape index (κ2) is 9.82. The zero-order valence-electron chi connectivity index (χ0n) is 15.3. The van der Waals surface area contributed by atoms with Gasteiger partial charge in [0, 0.05) is 32.0 Å². The normalized spacial score (nSPS) is 22.9. The number of unbranched alkanes of at least 4 members (excludes halogenated alkanes) is 1. The van der Waals surface area contributed by atoms with Crippen molar-refractivity contribution < 1.29 is 28.5 Å². The molecule has 148 valence electrons. The number of carbonyl (C=O) groups excluding carboxylic acids is 1. The van der Waals surface area contributed by atoms with Crippen LogP contribution in [0.5, 0.6) is 0 Å². The number of halogens is 1. The fourth-order valence-corrected chi connectivity index (χ4v) is 3.20. The summed E-state index contributed by atoms with van der Waals surface area (Å²) in [7, 11) is 0. The number of carbonyl (C=O) groups is 1. The number of hydrogen-bond acceptors (Lipinski definition) is 5.